The van der Waals surface area contributed by atoms with E-state index in [9.17, 15) is 4.79 Å². The van der Waals surface area contributed by atoms with E-state index in [1.165, 1.54) is 6.08 Å². The van der Waals surface area contributed by atoms with Gasteiger partial charge in [0.1, 0.15) is 0 Å². The number of nitrogens with one attached hydrogen (secondary N) is 1. The van der Waals surface area contributed by atoms with Crippen LogP contribution >= 0.6 is 0 Å². The molecule has 7 nitrogen and oxygen atoms in total. The molecule has 0 aliphatic heterocycles. The molecule has 1 aromatic rings. The van der Waals surface area contributed by atoms with Gasteiger partial charge in [-0.1, -0.05) is 6.07 Å². The zero-order valence-corrected chi connectivity index (χ0v) is 12.8. The fourth-order valence-electron chi connectivity index (χ4n) is 1.69. The summed E-state index contributed by atoms with van der Waals surface area (Å²) in [6, 6.07) is 5.41. The number of guanidine groups is 1. The van der Waals surface area contributed by atoms with E-state index < -0.39 is 0 Å². The van der Waals surface area contributed by atoms with Gasteiger partial charge >= 0.3 is 0 Å². The molecule has 1 amide bonds. The smallest absolute Gasteiger partial charge is 0.244 e. The van der Waals surface area contributed by atoms with Gasteiger partial charge in [-0.15, -0.1) is 0 Å². The maximum absolute atomic E-state index is 11.7. The van der Waals surface area contributed by atoms with E-state index >= 15 is 0 Å². The second-order valence-corrected chi connectivity index (χ2v) is 4.40. The van der Waals surface area contributed by atoms with Gasteiger partial charge < -0.3 is 26.3 Å². The molecule has 120 valence electrons. The average molecular weight is 306 g/mol. The first-order chi connectivity index (χ1) is 10.6. The van der Waals surface area contributed by atoms with Gasteiger partial charge in [-0.2, -0.15) is 0 Å². The maximum atomic E-state index is 11.7. The van der Waals surface area contributed by atoms with Gasteiger partial charge in [-0.05, 0) is 30.2 Å². The third-order valence-corrected chi connectivity index (χ3v) is 2.76. The molecule has 5 N–H and O–H groups in total. The lowest BCUT2D eigenvalue weighted by atomic mass is 10.2. The van der Waals surface area contributed by atoms with E-state index in [0.29, 0.717) is 31.0 Å². The highest BCUT2D eigenvalue weighted by molar-refractivity contribution is 5.91. The van der Waals surface area contributed by atoms with Crippen LogP contribution in [0.25, 0.3) is 6.08 Å². The van der Waals surface area contributed by atoms with Crippen molar-refractivity contribution in [1.82, 2.24) is 5.32 Å². The van der Waals surface area contributed by atoms with Crippen LogP contribution in [0.2, 0.25) is 0 Å². The Balaban J connectivity index is 2.47. The molecule has 0 aromatic heterocycles. The first kappa shape index (κ1) is 17.4. The largest absolute Gasteiger partial charge is 0.493 e. The number of nitrogens with zero attached hydrogens (tertiary/aromatic N) is 1. The van der Waals surface area contributed by atoms with E-state index in [1.54, 1.807) is 32.4 Å². The van der Waals surface area contributed by atoms with Crippen molar-refractivity contribution in [3.8, 4) is 11.5 Å². The fourth-order valence-corrected chi connectivity index (χ4v) is 1.69. The second-order valence-electron chi connectivity index (χ2n) is 4.40. The summed E-state index contributed by atoms with van der Waals surface area (Å²) in [5.74, 6) is 1.13. The number of ether oxygens (including phenoxy) is 2. The van der Waals surface area contributed by atoms with Crippen molar-refractivity contribution < 1.29 is 14.3 Å². The molecule has 1 aromatic carbocycles. The van der Waals surface area contributed by atoms with Crippen molar-refractivity contribution in [2.45, 2.75) is 6.42 Å². The summed E-state index contributed by atoms with van der Waals surface area (Å²) in [6.45, 7) is 0.994. The highest BCUT2D eigenvalue weighted by Gasteiger charge is 2.03. The average Bonchev–Trinajstić information content (AvgIpc) is 2.51. The number of carbonyl (C=O) groups is 1. The third kappa shape index (κ3) is 6.17. The first-order valence-electron chi connectivity index (χ1n) is 6.80. The number of hydrogen-bond acceptors (Lipinski definition) is 4. The third-order valence-electron chi connectivity index (χ3n) is 2.76. The summed E-state index contributed by atoms with van der Waals surface area (Å²) in [5.41, 5.74) is 11.2. The summed E-state index contributed by atoms with van der Waals surface area (Å²) in [7, 11) is 3.14. The summed E-state index contributed by atoms with van der Waals surface area (Å²) in [6.07, 6.45) is 3.84. The molecule has 0 radical (unpaired) electrons. The van der Waals surface area contributed by atoms with Gasteiger partial charge in [0.15, 0.2) is 17.5 Å². The maximum Gasteiger partial charge on any atom is 0.244 e. The van der Waals surface area contributed by atoms with Crippen LogP contribution in [0, 0.1) is 0 Å². The second kappa shape index (κ2) is 9.28. The van der Waals surface area contributed by atoms with Crippen LogP contribution in [0.5, 0.6) is 11.5 Å². The molecule has 0 fully saturated rings. The molecular formula is C15H22N4O3. The molecule has 0 spiro atoms. The zero-order valence-electron chi connectivity index (χ0n) is 12.8. The summed E-state index contributed by atoms with van der Waals surface area (Å²) in [5, 5.41) is 2.75. The number of methoxy groups -OCH3 is 2. The Morgan fingerprint density at radius 1 is 1.27 bits per heavy atom. The van der Waals surface area contributed by atoms with Gasteiger partial charge in [0.2, 0.25) is 5.91 Å². The van der Waals surface area contributed by atoms with Crippen LogP contribution in [-0.4, -0.2) is 39.2 Å². The Kier molecular flexibility index (Phi) is 7.32. The molecule has 1 rings (SSSR count). The predicted molar refractivity (Wildman–Crippen MR) is 86.9 cm³/mol. The number of amides is 1. The van der Waals surface area contributed by atoms with Crippen molar-refractivity contribution in [3.63, 3.8) is 0 Å². The molecular weight excluding hydrogens is 284 g/mol. The Bertz CT molecular complexity index is 552. The lowest BCUT2D eigenvalue weighted by Crippen LogP contribution is -2.25. The lowest BCUT2D eigenvalue weighted by Gasteiger charge is -2.07. The monoisotopic (exact) mass is 306 g/mol. The topological polar surface area (TPSA) is 112 Å². The zero-order chi connectivity index (χ0) is 16.4. The normalized spacial score (nSPS) is 10.3. The molecule has 0 heterocycles. The van der Waals surface area contributed by atoms with Crippen molar-refractivity contribution >= 4 is 17.9 Å². The molecule has 0 saturated heterocycles. The van der Waals surface area contributed by atoms with Crippen LogP contribution in [0.4, 0.5) is 0 Å². The number of nitrogens with two attached hydrogens (primary N) is 2. The van der Waals surface area contributed by atoms with Crippen LogP contribution < -0.4 is 26.3 Å². The number of rotatable bonds is 8. The Morgan fingerprint density at radius 3 is 2.64 bits per heavy atom. The number of carbonyl (C=O) groups excluding carboxylic acids is 1. The molecule has 0 aliphatic carbocycles. The van der Waals surface area contributed by atoms with Gasteiger partial charge in [-0.3, -0.25) is 9.79 Å². The number of aliphatic imine (C=N–C) groups is 1. The van der Waals surface area contributed by atoms with Gasteiger partial charge in [-0.25, -0.2) is 0 Å². The van der Waals surface area contributed by atoms with Gasteiger partial charge in [0, 0.05) is 19.2 Å². The molecule has 0 bridgehead atoms. The molecule has 22 heavy (non-hydrogen) atoms. The summed E-state index contributed by atoms with van der Waals surface area (Å²) >= 11 is 0. The standard InChI is InChI=1S/C15H22N4O3/c1-21-12-6-4-11(10-13(12)22-2)5-7-14(20)18-8-3-9-19-15(16)17/h4-7,10H,3,8-9H2,1-2H3,(H,18,20)(H4,16,17,19)/b7-5+. The number of hydrogen-bond donors (Lipinski definition) is 3. The van der Waals surface area contributed by atoms with Crippen LogP contribution in [-0.2, 0) is 4.79 Å². The van der Waals surface area contributed by atoms with Crippen LogP contribution in [0.1, 0.15) is 12.0 Å². The lowest BCUT2D eigenvalue weighted by molar-refractivity contribution is -0.116. The molecule has 0 unspecified atom stereocenters. The van der Waals surface area contributed by atoms with Gasteiger partial charge in [0.05, 0.1) is 14.2 Å². The highest BCUT2D eigenvalue weighted by atomic mass is 16.5. The minimum atomic E-state index is -0.181. The Labute approximate surface area is 130 Å². The van der Waals surface area contributed by atoms with E-state index in [-0.39, 0.29) is 11.9 Å². The quantitative estimate of drug-likeness (QED) is 0.280. The Morgan fingerprint density at radius 2 is 2.00 bits per heavy atom. The SMILES string of the molecule is COc1ccc(/C=C/C(=O)NCCCN=C(N)N)cc1OC. The molecule has 7 heteroatoms. The Hall–Kier alpha value is -2.70. The predicted octanol–water partition coefficient (Wildman–Crippen LogP) is 0.497. The van der Waals surface area contributed by atoms with Gasteiger partial charge in [0.25, 0.3) is 0 Å². The minimum absolute atomic E-state index is 0.0553. The fraction of sp³-hybridized carbons (Fsp3) is 0.333. The van der Waals surface area contributed by atoms with Crippen molar-refractivity contribution in [3.05, 3.63) is 29.8 Å². The van der Waals surface area contributed by atoms with E-state index in [2.05, 4.69) is 10.3 Å². The number of benzene rings is 1. The van der Waals surface area contributed by atoms with E-state index in [1.807, 2.05) is 6.07 Å². The molecule has 0 aliphatic rings. The molecule has 0 saturated carbocycles. The highest BCUT2D eigenvalue weighted by Crippen LogP contribution is 2.27. The summed E-state index contributed by atoms with van der Waals surface area (Å²) in [4.78, 5) is 15.5. The van der Waals surface area contributed by atoms with Crippen LogP contribution in [0.3, 0.4) is 0 Å². The van der Waals surface area contributed by atoms with Crippen molar-refractivity contribution in [1.29, 1.82) is 0 Å². The summed E-state index contributed by atoms with van der Waals surface area (Å²) < 4.78 is 10.4. The van der Waals surface area contributed by atoms with E-state index in [0.717, 1.165) is 5.56 Å². The minimum Gasteiger partial charge on any atom is -0.493 e. The van der Waals surface area contributed by atoms with E-state index in [4.69, 9.17) is 20.9 Å². The molecule has 0 atom stereocenters. The first-order valence-corrected chi connectivity index (χ1v) is 6.80. The van der Waals surface area contributed by atoms with Crippen LogP contribution in [0.15, 0.2) is 29.3 Å². The van der Waals surface area contributed by atoms with Crippen molar-refractivity contribution in [2.24, 2.45) is 16.5 Å². The van der Waals surface area contributed by atoms with Crippen molar-refractivity contribution in [2.75, 3.05) is 27.3 Å².